The molecule has 2 N–H and O–H groups in total. The van der Waals surface area contributed by atoms with Crippen LogP contribution in [0.5, 0.6) is 0 Å². The molecule has 1 amide bonds. The van der Waals surface area contributed by atoms with E-state index in [2.05, 4.69) is 10.3 Å². The predicted molar refractivity (Wildman–Crippen MR) is 72.3 cm³/mol. The number of alkyl halides is 3. The van der Waals surface area contributed by atoms with Crippen LogP contribution in [0.2, 0.25) is 0 Å². The summed E-state index contributed by atoms with van der Waals surface area (Å²) in [6.07, 6.45) is -3.24. The molecule has 0 spiro atoms. The van der Waals surface area contributed by atoms with Crippen LogP contribution in [0.4, 0.5) is 13.2 Å². The van der Waals surface area contributed by atoms with Gasteiger partial charge >= 0.3 is 12.1 Å². The van der Waals surface area contributed by atoms with E-state index in [1.807, 2.05) is 0 Å². The van der Waals surface area contributed by atoms with Gasteiger partial charge in [0.25, 0.3) is 5.91 Å². The van der Waals surface area contributed by atoms with Crippen LogP contribution in [0.15, 0.2) is 18.3 Å². The maximum absolute atomic E-state index is 12.4. The number of carbonyl (C=O) groups excluding carboxylic acids is 1. The van der Waals surface area contributed by atoms with Gasteiger partial charge in [-0.2, -0.15) is 13.2 Å². The Hall–Kier alpha value is -2.12. The van der Waals surface area contributed by atoms with Gasteiger partial charge in [0.2, 0.25) is 0 Å². The van der Waals surface area contributed by atoms with E-state index >= 15 is 0 Å². The number of carboxylic acid groups (broad SMARTS) is 1. The van der Waals surface area contributed by atoms with Gasteiger partial charge in [-0.05, 0) is 25.0 Å². The van der Waals surface area contributed by atoms with Gasteiger partial charge in [-0.25, -0.2) is 0 Å². The number of halogens is 3. The third-order valence-electron chi connectivity index (χ3n) is 3.54. The second-order valence-electron chi connectivity index (χ2n) is 4.94. The molecular weight excluding hydrogens is 301 g/mol. The van der Waals surface area contributed by atoms with E-state index in [0.29, 0.717) is 18.9 Å². The minimum atomic E-state index is -4.57. The lowest BCUT2D eigenvalue weighted by Gasteiger charge is -2.31. The molecule has 0 atom stereocenters. The lowest BCUT2D eigenvalue weighted by atomic mass is 9.88. The van der Waals surface area contributed by atoms with Crippen LogP contribution >= 0.6 is 0 Å². The molecule has 0 aliphatic heterocycles. The highest BCUT2D eigenvalue weighted by Crippen LogP contribution is 2.27. The van der Waals surface area contributed by atoms with Crippen LogP contribution in [0.1, 0.15) is 49.2 Å². The van der Waals surface area contributed by atoms with Crippen LogP contribution in [0.3, 0.4) is 0 Å². The summed E-state index contributed by atoms with van der Waals surface area (Å²) in [5, 5.41) is 11.5. The number of pyridine rings is 1. The highest BCUT2D eigenvalue weighted by molar-refractivity contribution is 5.94. The quantitative estimate of drug-likeness (QED) is 0.845. The maximum atomic E-state index is 12.4. The van der Waals surface area contributed by atoms with Gasteiger partial charge in [-0.1, -0.05) is 13.8 Å². The molecular formula is C14H17F3N2O3. The standard InChI is InChI=1S/C14H17F3N2O3/c1-3-13(4-2,7-11(20)21)19-12(22)9-5-6-10(18-8-9)14(15,16)17/h5-6,8H,3-4,7H2,1-2H3,(H,19,22)(H,20,21). The first-order chi connectivity index (χ1) is 10.1. The highest BCUT2D eigenvalue weighted by atomic mass is 19.4. The second kappa shape index (κ2) is 6.76. The fourth-order valence-electron chi connectivity index (χ4n) is 2.02. The molecule has 0 saturated heterocycles. The first kappa shape index (κ1) is 17.9. The van der Waals surface area contributed by atoms with Crippen molar-refractivity contribution in [2.75, 3.05) is 0 Å². The minimum Gasteiger partial charge on any atom is -0.481 e. The van der Waals surface area contributed by atoms with Gasteiger partial charge in [0.15, 0.2) is 0 Å². The Morgan fingerprint density at radius 3 is 2.18 bits per heavy atom. The molecule has 1 heterocycles. The molecule has 1 aromatic heterocycles. The highest BCUT2D eigenvalue weighted by Gasteiger charge is 2.33. The van der Waals surface area contributed by atoms with Crippen molar-refractivity contribution < 1.29 is 27.9 Å². The molecule has 1 aromatic rings. The van der Waals surface area contributed by atoms with Crippen molar-refractivity contribution in [1.29, 1.82) is 0 Å². The number of hydrogen-bond acceptors (Lipinski definition) is 3. The molecule has 0 bridgehead atoms. The Morgan fingerprint density at radius 1 is 1.23 bits per heavy atom. The Balaban J connectivity index is 2.93. The van der Waals surface area contributed by atoms with Gasteiger partial charge in [-0.15, -0.1) is 0 Å². The maximum Gasteiger partial charge on any atom is 0.433 e. The Labute approximate surface area is 125 Å². The summed E-state index contributed by atoms with van der Waals surface area (Å²) in [6, 6.07) is 1.73. The van der Waals surface area contributed by atoms with Crippen LogP contribution in [-0.4, -0.2) is 27.5 Å². The number of nitrogens with zero attached hydrogens (tertiary/aromatic N) is 1. The van der Waals surface area contributed by atoms with Crippen LogP contribution in [0.25, 0.3) is 0 Å². The monoisotopic (exact) mass is 318 g/mol. The van der Waals surface area contributed by atoms with E-state index in [0.717, 1.165) is 12.3 Å². The summed E-state index contributed by atoms with van der Waals surface area (Å²) in [7, 11) is 0. The Kier molecular flexibility index (Phi) is 5.51. The zero-order valence-corrected chi connectivity index (χ0v) is 12.2. The first-order valence-electron chi connectivity index (χ1n) is 6.71. The van der Waals surface area contributed by atoms with Crippen molar-refractivity contribution in [1.82, 2.24) is 10.3 Å². The molecule has 1 rings (SSSR count). The Morgan fingerprint density at radius 2 is 1.82 bits per heavy atom. The van der Waals surface area contributed by atoms with Gasteiger partial charge < -0.3 is 10.4 Å². The normalized spacial score (nSPS) is 12.0. The van der Waals surface area contributed by atoms with Crippen molar-refractivity contribution >= 4 is 11.9 Å². The molecule has 5 nitrogen and oxygen atoms in total. The van der Waals surface area contributed by atoms with E-state index in [9.17, 15) is 22.8 Å². The minimum absolute atomic E-state index is 0.0512. The number of aliphatic carboxylic acids is 1. The van der Waals surface area contributed by atoms with Crippen LogP contribution < -0.4 is 5.32 Å². The number of aromatic nitrogens is 1. The van der Waals surface area contributed by atoms with Crippen molar-refractivity contribution in [3.63, 3.8) is 0 Å². The van der Waals surface area contributed by atoms with Gasteiger partial charge in [-0.3, -0.25) is 14.6 Å². The topological polar surface area (TPSA) is 79.3 Å². The SMILES string of the molecule is CCC(CC)(CC(=O)O)NC(=O)c1ccc(C(F)(F)F)nc1. The lowest BCUT2D eigenvalue weighted by Crippen LogP contribution is -2.49. The summed E-state index contributed by atoms with van der Waals surface area (Å²) in [6.45, 7) is 3.47. The zero-order valence-electron chi connectivity index (χ0n) is 12.2. The van der Waals surface area contributed by atoms with Gasteiger partial charge in [0.1, 0.15) is 5.69 Å². The molecule has 0 aliphatic carbocycles. The summed E-state index contributed by atoms with van der Waals surface area (Å²) < 4.78 is 37.2. The summed E-state index contributed by atoms with van der Waals surface area (Å²) in [5.41, 5.74) is -2.08. The summed E-state index contributed by atoms with van der Waals surface area (Å²) >= 11 is 0. The van der Waals surface area contributed by atoms with E-state index in [1.165, 1.54) is 0 Å². The van der Waals surface area contributed by atoms with E-state index in [1.54, 1.807) is 13.8 Å². The second-order valence-corrected chi connectivity index (χ2v) is 4.94. The fourth-order valence-corrected chi connectivity index (χ4v) is 2.02. The summed E-state index contributed by atoms with van der Waals surface area (Å²) in [5.74, 6) is -1.71. The number of amides is 1. The molecule has 0 unspecified atom stereocenters. The average molecular weight is 318 g/mol. The smallest absolute Gasteiger partial charge is 0.433 e. The lowest BCUT2D eigenvalue weighted by molar-refractivity contribution is -0.141. The number of carbonyl (C=O) groups is 2. The molecule has 0 radical (unpaired) electrons. The molecule has 0 saturated carbocycles. The number of nitrogens with one attached hydrogen (secondary N) is 1. The Bertz CT molecular complexity index is 537. The van der Waals surface area contributed by atoms with Crippen molar-refractivity contribution in [3.8, 4) is 0 Å². The van der Waals surface area contributed by atoms with Crippen LogP contribution in [0, 0.1) is 0 Å². The number of rotatable bonds is 6. The van der Waals surface area contributed by atoms with E-state index < -0.39 is 29.3 Å². The van der Waals surface area contributed by atoms with E-state index in [-0.39, 0.29) is 12.0 Å². The molecule has 0 aromatic carbocycles. The average Bonchev–Trinajstić information content (AvgIpc) is 2.45. The van der Waals surface area contributed by atoms with Gasteiger partial charge in [0, 0.05) is 6.20 Å². The van der Waals surface area contributed by atoms with Crippen molar-refractivity contribution in [2.45, 2.75) is 44.8 Å². The fraction of sp³-hybridized carbons (Fsp3) is 0.500. The summed E-state index contributed by atoms with van der Waals surface area (Å²) in [4.78, 5) is 26.2. The molecule has 0 aliphatic rings. The van der Waals surface area contributed by atoms with Crippen molar-refractivity contribution in [3.05, 3.63) is 29.6 Å². The van der Waals surface area contributed by atoms with Crippen molar-refractivity contribution in [2.24, 2.45) is 0 Å². The predicted octanol–water partition coefficient (Wildman–Crippen LogP) is 2.86. The third kappa shape index (κ3) is 4.44. The molecule has 122 valence electrons. The zero-order chi connectivity index (χ0) is 17.0. The first-order valence-corrected chi connectivity index (χ1v) is 6.71. The third-order valence-corrected chi connectivity index (χ3v) is 3.54. The van der Waals surface area contributed by atoms with Gasteiger partial charge in [0.05, 0.1) is 17.5 Å². The number of hydrogen-bond donors (Lipinski definition) is 2. The van der Waals surface area contributed by atoms with Crippen LogP contribution in [-0.2, 0) is 11.0 Å². The number of carboxylic acids is 1. The molecule has 8 heteroatoms. The molecule has 0 fully saturated rings. The molecule has 22 heavy (non-hydrogen) atoms. The van der Waals surface area contributed by atoms with E-state index in [4.69, 9.17) is 5.11 Å². The largest absolute Gasteiger partial charge is 0.481 e.